The van der Waals surface area contributed by atoms with E-state index in [1.807, 2.05) is 18.2 Å². The molecule has 0 atom stereocenters. The van der Waals surface area contributed by atoms with Crippen LogP contribution in [-0.2, 0) is 5.41 Å². The third-order valence-electron chi connectivity index (χ3n) is 11.3. The molecule has 3 heterocycles. The van der Waals surface area contributed by atoms with Gasteiger partial charge in [-0.1, -0.05) is 103 Å². The normalized spacial score (nSPS) is 13.6. The summed E-state index contributed by atoms with van der Waals surface area (Å²) in [6.07, 6.45) is 0. The van der Waals surface area contributed by atoms with Crippen LogP contribution in [0, 0.1) is 0 Å². The molecule has 0 unspecified atom stereocenters. The molecule has 8 aromatic carbocycles. The van der Waals surface area contributed by atoms with Crippen LogP contribution < -0.4 is 9.64 Å². The number of fused-ring (bicyclic) bond motifs is 16. The lowest BCUT2D eigenvalue weighted by Crippen LogP contribution is -2.32. The van der Waals surface area contributed by atoms with Crippen molar-refractivity contribution in [1.82, 2.24) is 0 Å². The largest absolute Gasteiger partial charge is 0.456 e. The second-order valence-electron chi connectivity index (χ2n) is 14.0. The maximum atomic E-state index is 6.98. The summed E-state index contributed by atoms with van der Waals surface area (Å²) in [4.78, 5) is 2.25. The van der Waals surface area contributed by atoms with Crippen LogP contribution >= 0.6 is 0 Å². The SMILES string of the molecule is c1ccc(N(c2ccc3c(c2)oc2ccccc23)c2ccc3c(c2)oc2ccc4c(c23)Oc2ccccc2C42c3ccccc3-c3ccccc32)cc1. The topological polar surface area (TPSA) is 38.8 Å². The molecule has 12 rings (SSSR count). The molecule has 0 saturated carbocycles. The van der Waals surface area contributed by atoms with Gasteiger partial charge >= 0.3 is 0 Å². The Balaban J connectivity index is 1.08. The maximum absolute atomic E-state index is 6.98. The number of hydrogen-bond donors (Lipinski definition) is 0. The molecular formula is C49H29NO3. The standard InChI is InChI=1S/C49H29NO3/c1-2-12-30(13-3-1)50(31-22-24-36-35-16-6-10-20-42(35)51-45(36)28-31)32-23-25-37-46(29-32)52-44-27-26-41-48(47(37)44)53-43-21-11-9-19-40(43)49(41)38-17-7-4-14-33(38)34-15-5-8-18-39(34)49/h1-29H. The molecule has 10 aromatic rings. The van der Waals surface area contributed by atoms with Crippen molar-refractivity contribution in [2.24, 2.45) is 0 Å². The van der Waals surface area contributed by atoms with Crippen molar-refractivity contribution < 1.29 is 13.6 Å². The van der Waals surface area contributed by atoms with Gasteiger partial charge in [-0.3, -0.25) is 0 Å². The van der Waals surface area contributed by atoms with E-state index in [1.54, 1.807) is 0 Å². The van der Waals surface area contributed by atoms with E-state index in [0.29, 0.717) is 0 Å². The minimum Gasteiger partial charge on any atom is -0.456 e. The monoisotopic (exact) mass is 679 g/mol. The van der Waals surface area contributed by atoms with E-state index < -0.39 is 5.41 Å². The van der Waals surface area contributed by atoms with Crippen LogP contribution in [0.3, 0.4) is 0 Å². The maximum Gasteiger partial charge on any atom is 0.143 e. The zero-order valence-electron chi connectivity index (χ0n) is 28.4. The predicted molar refractivity (Wildman–Crippen MR) is 213 cm³/mol. The van der Waals surface area contributed by atoms with Gasteiger partial charge in [0.2, 0.25) is 0 Å². The first-order valence-electron chi connectivity index (χ1n) is 18.0. The van der Waals surface area contributed by atoms with Crippen molar-refractivity contribution in [3.05, 3.63) is 198 Å². The fourth-order valence-corrected chi connectivity index (χ4v) is 9.18. The van der Waals surface area contributed by atoms with Crippen LogP contribution in [0.1, 0.15) is 22.3 Å². The van der Waals surface area contributed by atoms with Crippen LogP contribution in [0.5, 0.6) is 11.5 Å². The number of nitrogens with zero attached hydrogens (tertiary/aromatic N) is 1. The van der Waals surface area contributed by atoms with Crippen molar-refractivity contribution >= 4 is 60.9 Å². The first-order chi connectivity index (χ1) is 26.3. The average molecular weight is 680 g/mol. The number of furan rings is 2. The van der Waals surface area contributed by atoms with E-state index in [4.69, 9.17) is 13.6 Å². The zero-order valence-corrected chi connectivity index (χ0v) is 28.4. The molecule has 0 N–H and O–H groups in total. The van der Waals surface area contributed by atoms with Gasteiger partial charge in [-0.25, -0.2) is 0 Å². The number of benzene rings is 8. The summed E-state index contributed by atoms with van der Waals surface area (Å²) in [7, 11) is 0. The van der Waals surface area contributed by atoms with E-state index in [-0.39, 0.29) is 0 Å². The van der Waals surface area contributed by atoms with Gasteiger partial charge in [0.05, 0.1) is 10.8 Å². The van der Waals surface area contributed by atoms with E-state index >= 15 is 0 Å². The van der Waals surface area contributed by atoms with E-state index in [0.717, 1.165) is 83.6 Å². The summed E-state index contributed by atoms with van der Waals surface area (Å²) in [6, 6.07) is 62.1. The smallest absolute Gasteiger partial charge is 0.143 e. The third-order valence-corrected chi connectivity index (χ3v) is 11.3. The Kier molecular flexibility index (Phi) is 5.67. The van der Waals surface area contributed by atoms with Gasteiger partial charge in [-0.15, -0.1) is 0 Å². The average Bonchev–Trinajstić information content (AvgIpc) is 3.87. The molecule has 1 aliphatic carbocycles. The Bertz CT molecular complexity index is 3070. The summed E-state index contributed by atoms with van der Waals surface area (Å²) in [5.41, 5.74) is 13.1. The summed E-state index contributed by atoms with van der Waals surface area (Å²) in [6.45, 7) is 0. The fraction of sp³-hybridized carbons (Fsp3) is 0.0204. The van der Waals surface area contributed by atoms with E-state index in [1.165, 1.54) is 22.3 Å². The minimum absolute atomic E-state index is 0.533. The number of ether oxygens (including phenoxy) is 1. The van der Waals surface area contributed by atoms with Crippen molar-refractivity contribution in [2.45, 2.75) is 5.41 Å². The molecule has 4 heteroatoms. The number of hydrogen-bond acceptors (Lipinski definition) is 4. The van der Waals surface area contributed by atoms with Crippen LogP contribution in [0.2, 0.25) is 0 Å². The summed E-state index contributed by atoms with van der Waals surface area (Å²) >= 11 is 0. The Hall–Kier alpha value is -7.04. The molecule has 0 bridgehead atoms. The van der Waals surface area contributed by atoms with Gasteiger partial charge in [0.1, 0.15) is 33.8 Å². The van der Waals surface area contributed by atoms with E-state index in [2.05, 4.69) is 163 Å². The molecule has 1 spiro atoms. The quantitative estimate of drug-likeness (QED) is 0.186. The fourth-order valence-electron chi connectivity index (χ4n) is 9.18. The Morgan fingerprint density at radius 3 is 1.74 bits per heavy atom. The number of anilines is 3. The zero-order chi connectivity index (χ0) is 34.7. The van der Waals surface area contributed by atoms with Gasteiger partial charge in [0.25, 0.3) is 0 Å². The molecule has 0 amide bonds. The van der Waals surface area contributed by atoms with Gasteiger partial charge in [-0.05, 0) is 82.9 Å². The molecule has 2 aromatic heterocycles. The molecule has 4 nitrogen and oxygen atoms in total. The molecular weight excluding hydrogens is 651 g/mol. The molecule has 248 valence electrons. The highest BCUT2D eigenvalue weighted by molar-refractivity contribution is 6.11. The lowest BCUT2D eigenvalue weighted by atomic mass is 9.66. The Morgan fingerprint density at radius 1 is 0.377 bits per heavy atom. The molecule has 53 heavy (non-hydrogen) atoms. The van der Waals surface area contributed by atoms with Crippen LogP contribution in [0.4, 0.5) is 17.1 Å². The predicted octanol–water partition coefficient (Wildman–Crippen LogP) is 13.4. The van der Waals surface area contributed by atoms with Gasteiger partial charge in [0.15, 0.2) is 0 Å². The van der Waals surface area contributed by atoms with Crippen molar-refractivity contribution in [2.75, 3.05) is 4.90 Å². The van der Waals surface area contributed by atoms with Gasteiger partial charge in [0, 0.05) is 56.5 Å². The second-order valence-corrected chi connectivity index (χ2v) is 14.0. The minimum atomic E-state index is -0.533. The highest BCUT2D eigenvalue weighted by Crippen LogP contribution is 2.63. The molecule has 1 aliphatic heterocycles. The lowest BCUT2D eigenvalue weighted by Gasteiger charge is -2.39. The van der Waals surface area contributed by atoms with Gasteiger partial charge < -0.3 is 18.5 Å². The van der Waals surface area contributed by atoms with E-state index in [9.17, 15) is 0 Å². The highest BCUT2D eigenvalue weighted by atomic mass is 16.5. The highest BCUT2D eigenvalue weighted by Gasteiger charge is 2.51. The number of rotatable bonds is 3. The van der Waals surface area contributed by atoms with Crippen molar-refractivity contribution in [3.63, 3.8) is 0 Å². The first-order valence-corrected chi connectivity index (χ1v) is 18.0. The summed E-state index contributed by atoms with van der Waals surface area (Å²) in [5, 5.41) is 4.20. The molecule has 0 radical (unpaired) electrons. The summed E-state index contributed by atoms with van der Waals surface area (Å²) in [5.74, 6) is 1.70. The summed E-state index contributed by atoms with van der Waals surface area (Å²) < 4.78 is 20.0. The van der Waals surface area contributed by atoms with Crippen molar-refractivity contribution in [3.8, 4) is 22.6 Å². The lowest BCUT2D eigenvalue weighted by molar-refractivity contribution is 0.441. The molecule has 2 aliphatic rings. The van der Waals surface area contributed by atoms with Crippen molar-refractivity contribution in [1.29, 1.82) is 0 Å². The Morgan fingerprint density at radius 2 is 0.962 bits per heavy atom. The molecule has 0 fully saturated rings. The Labute approximate surface area is 304 Å². The second kappa shape index (κ2) is 10.5. The van der Waals surface area contributed by atoms with Gasteiger partial charge in [-0.2, -0.15) is 0 Å². The van der Waals surface area contributed by atoms with Crippen LogP contribution in [-0.4, -0.2) is 0 Å². The number of para-hydroxylation sites is 3. The van der Waals surface area contributed by atoms with Crippen LogP contribution in [0.25, 0.3) is 55.0 Å². The van der Waals surface area contributed by atoms with Crippen LogP contribution in [0.15, 0.2) is 185 Å². The third kappa shape index (κ3) is 3.79. The first kappa shape index (κ1) is 28.6. The molecule has 0 saturated heterocycles.